The number of pyridine rings is 1. The topological polar surface area (TPSA) is 71.2 Å². The highest BCUT2D eigenvalue weighted by Crippen LogP contribution is 2.12. The number of aryl methyl sites for hydroxylation is 1. The van der Waals surface area contributed by atoms with Crippen LogP contribution in [-0.2, 0) is 11.3 Å². The van der Waals surface area contributed by atoms with Crippen LogP contribution in [-0.4, -0.2) is 17.5 Å². The molecule has 0 fully saturated rings. The second kappa shape index (κ2) is 7.00. The van der Waals surface area contributed by atoms with Crippen molar-refractivity contribution in [2.24, 2.45) is 0 Å². The Labute approximate surface area is 139 Å². The molecular weight excluding hydrogens is 304 g/mol. The molecule has 3 aromatic rings. The standard InChI is InChI=1S/C19H18N2O3/c1-13-5-4-7-16(9-13)24-12-18(22)20-11-15-10-14-6-2-3-8-17(14)21-19(15)23/h2-10H,11-12H2,1H3,(H,20,22)(H,21,23). The van der Waals surface area contributed by atoms with Gasteiger partial charge >= 0.3 is 0 Å². The van der Waals surface area contributed by atoms with Crippen molar-refractivity contribution in [1.82, 2.24) is 10.3 Å². The molecule has 0 unspecified atom stereocenters. The lowest BCUT2D eigenvalue weighted by Crippen LogP contribution is -2.30. The minimum absolute atomic E-state index is 0.0884. The van der Waals surface area contributed by atoms with Gasteiger partial charge in [-0.1, -0.05) is 30.3 Å². The van der Waals surface area contributed by atoms with Crippen LogP contribution in [0.4, 0.5) is 0 Å². The number of nitrogens with one attached hydrogen (secondary N) is 2. The van der Waals surface area contributed by atoms with Gasteiger partial charge in [0.15, 0.2) is 6.61 Å². The van der Waals surface area contributed by atoms with Crippen LogP contribution in [0.15, 0.2) is 59.4 Å². The van der Waals surface area contributed by atoms with Crippen molar-refractivity contribution in [3.05, 3.63) is 76.1 Å². The number of carbonyl (C=O) groups is 1. The van der Waals surface area contributed by atoms with E-state index in [1.807, 2.05) is 49.4 Å². The summed E-state index contributed by atoms with van der Waals surface area (Å²) >= 11 is 0. The summed E-state index contributed by atoms with van der Waals surface area (Å²) in [6, 6.07) is 16.8. The predicted molar refractivity (Wildman–Crippen MR) is 93.1 cm³/mol. The molecule has 5 heteroatoms. The van der Waals surface area contributed by atoms with E-state index in [0.717, 1.165) is 16.5 Å². The zero-order valence-corrected chi connectivity index (χ0v) is 13.3. The fourth-order valence-electron chi connectivity index (χ4n) is 2.42. The van der Waals surface area contributed by atoms with Gasteiger partial charge in [-0.2, -0.15) is 0 Å². The van der Waals surface area contributed by atoms with E-state index in [1.54, 1.807) is 12.1 Å². The summed E-state index contributed by atoms with van der Waals surface area (Å²) < 4.78 is 5.44. The SMILES string of the molecule is Cc1cccc(OCC(=O)NCc2cc3ccccc3[nH]c2=O)c1. The maximum atomic E-state index is 12.0. The Kier molecular flexibility index (Phi) is 4.61. The number of carbonyl (C=O) groups excluding carboxylic acids is 1. The first-order valence-electron chi connectivity index (χ1n) is 7.69. The summed E-state index contributed by atoms with van der Waals surface area (Å²) in [5, 5.41) is 3.63. The highest BCUT2D eigenvalue weighted by molar-refractivity contribution is 5.79. The van der Waals surface area contributed by atoms with E-state index in [0.29, 0.717) is 11.3 Å². The minimum atomic E-state index is -0.274. The molecule has 122 valence electrons. The molecule has 0 aliphatic heterocycles. The Morgan fingerprint density at radius 1 is 1.12 bits per heavy atom. The molecule has 1 heterocycles. The van der Waals surface area contributed by atoms with Gasteiger partial charge in [-0.3, -0.25) is 9.59 Å². The number of rotatable bonds is 5. The second-order valence-electron chi connectivity index (χ2n) is 5.59. The lowest BCUT2D eigenvalue weighted by Gasteiger charge is -2.08. The number of amides is 1. The number of aromatic nitrogens is 1. The van der Waals surface area contributed by atoms with Crippen LogP contribution in [0.25, 0.3) is 10.9 Å². The zero-order valence-electron chi connectivity index (χ0n) is 13.3. The number of hydrogen-bond acceptors (Lipinski definition) is 3. The van der Waals surface area contributed by atoms with Crippen molar-refractivity contribution in [3.8, 4) is 5.75 Å². The zero-order chi connectivity index (χ0) is 16.9. The van der Waals surface area contributed by atoms with Crippen LogP contribution in [0.1, 0.15) is 11.1 Å². The van der Waals surface area contributed by atoms with Crippen molar-refractivity contribution in [2.75, 3.05) is 6.61 Å². The summed E-state index contributed by atoms with van der Waals surface area (Å²) in [7, 11) is 0. The van der Waals surface area contributed by atoms with E-state index in [-0.39, 0.29) is 24.6 Å². The lowest BCUT2D eigenvalue weighted by atomic mass is 10.1. The summed E-state index contributed by atoms with van der Waals surface area (Å²) in [4.78, 5) is 26.7. The number of para-hydroxylation sites is 1. The van der Waals surface area contributed by atoms with E-state index in [9.17, 15) is 9.59 Å². The van der Waals surface area contributed by atoms with Crippen molar-refractivity contribution < 1.29 is 9.53 Å². The molecule has 0 bridgehead atoms. The Balaban J connectivity index is 1.60. The van der Waals surface area contributed by atoms with E-state index in [1.165, 1.54) is 0 Å². The second-order valence-corrected chi connectivity index (χ2v) is 5.59. The highest BCUT2D eigenvalue weighted by atomic mass is 16.5. The molecule has 2 aromatic carbocycles. The van der Waals surface area contributed by atoms with Gasteiger partial charge in [0.1, 0.15) is 5.75 Å². The van der Waals surface area contributed by atoms with Gasteiger partial charge in [0.25, 0.3) is 11.5 Å². The minimum Gasteiger partial charge on any atom is -0.484 e. The molecule has 1 amide bonds. The molecule has 0 saturated heterocycles. The van der Waals surface area contributed by atoms with Crippen molar-refractivity contribution in [2.45, 2.75) is 13.5 Å². The Hall–Kier alpha value is -3.08. The van der Waals surface area contributed by atoms with E-state index in [2.05, 4.69) is 10.3 Å². The van der Waals surface area contributed by atoms with Gasteiger partial charge in [-0.05, 0) is 42.1 Å². The van der Waals surface area contributed by atoms with Gasteiger partial charge in [0, 0.05) is 17.6 Å². The Morgan fingerprint density at radius 2 is 1.96 bits per heavy atom. The molecule has 5 nitrogen and oxygen atoms in total. The molecule has 0 saturated carbocycles. The van der Waals surface area contributed by atoms with Gasteiger partial charge in [0.05, 0.1) is 0 Å². The summed E-state index contributed by atoms with van der Waals surface area (Å²) in [6.45, 7) is 2.03. The van der Waals surface area contributed by atoms with Crippen molar-refractivity contribution in [1.29, 1.82) is 0 Å². The fourth-order valence-corrected chi connectivity index (χ4v) is 2.42. The van der Waals surface area contributed by atoms with Crippen LogP contribution in [0, 0.1) is 6.92 Å². The van der Waals surface area contributed by atoms with Crippen LogP contribution < -0.4 is 15.6 Å². The molecule has 0 aliphatic rings. The van der Waals surface area contributed by atoms with Crippen LogP contribution in [0.5, 0.6) is 5.75 Å². The summed E-state index contributed by atoms with van der Waals surface area (Å²) in [5.41, 5.74) is 2.15. The first-order valence-corrected chi connectivity index (χ1v) is 7.69. The molecule has 3 rings (SSSR count). The van der Waals surface area contributed by atoms with Gasteiger partial charge < -0.3 is 15.0 Å². The average Bonchev–Trinajstić information content (AvgIpc) is 2.58. The lowest BCUT2D eigenvalue weighted by molar-refractivity contribution is -0.123. The van der Waals surface area contributed by atoms with Gasteiger partial charge in [-0.15, -0.1) is 0 Å². The molecule has 0 atom stereocenters. The maximum absolute atomic E-state index is 12.0. The summed E-state index contributed by atoms with van der Waals surface area (Å²) in [5.74, 6) is 0.373. The fraction of sp³-hybridized carbons (Fsp3) is 0.158. The maximum Gasteiger partial charge on any atom is 0.258 e. The number of hydrogen-bond donors (Lipinski definition) is 2. The number of aromatic amines is 1. The highest BCUT2D eigenvalue weighted by Gasteiger charge is 2.06. The van der Waals surface area contributed by atoms with Crippen molar-refractivity contribution >= 4 is 16.8 Å². The van der Waals surface area contributed by atoms with Crippen LogP contribution in [0.3, 0.4) is 0 Å². The first-order chi connectivity index (χ1) is 11.6. The number of H-pyrrole nitrogens is 1. The quantitative estimate of drug-likeness (QED) is 0.758. The predicted octanol–water partition coefficient (Wildman–Crippen LogP) is 2.53. The number of ether oxygens (including phenoxy) is 1. The van der Waals surface area contributed by atoms with Crippen molar-refractivity contribution in [3.63, 3.8) is 0 Å². The molecule has 2 N–H and O–H groups in total. The average molecular weight is 322 g/mol. The van der Waals surface area contributed by atoms with Gasteiger partial charge in [0.2, 0.25) is 0 Å². The van der Waals surface area contributed by atoms with E-state index in [4.69, 9.17) is 4.74 Å². The molecule has 24 heavy (non-hydrogen) atoms. The first kappa shape index (κ1) is 15.8. The molecule has 1 aromatic heterocycles. The van der Waals surface area contributed by atoms with Crippen LogP contribution >= 0.6 is 0 Å². The van der Waals surface area contributed by atoms with E-state index < -0.39 is 0 Å². The summed E-state index contributed by atoms with van der Waals surface area (Å²) in [6.07, 6.45) is 0. The number of benzene rings is 2. The Morgan fingerprint density at radius 3 is 2.79 bits per heavy atom. The Bertz CT molecular complexity index is 931. The normalized spacial score (nSPS) is 10.5. The number of fused-ring (bicyclic) bond motifs is 1. The third-order valence-corrected chi connectivity index (χ3v) is 3.67. The van der Waals surface area contributed by atoms with Gasteiger partial charge in [-0.25, -0.2) is 0 Å². The third kappa shape index (κ3) is 3.81. The van der Waals surface area contributed by atoms with E-state index >= 15 is 0 Å². The third-order valence-electron chi connectivity index (χ3n) is 3.67. The molecule has 0 aliphatic carbocycles. The largest absolute Gasteiger partial charge is 0.484 e. The molecule has 0 radical (unpaired) electrons. The molecular formula is C19H18N2O3. The smallest absolute Gasteiger partial charge is 0.258 e. The molecule has 0 spiro atoms. The van der Waals surface area contributed by atoms with Crippen LogP contribution in [0.2, 0.25) is 0 Å². The monoisotopic (exact) mass is 322 g/mol.